The van der Waals surface area contributed by atoms with Crippen molar-refractivity contribution in [1.29, 1.82) is 0 Å². The van der Waals surface area contributed by atoms with Crippen molar-refractivity contribution >= 4 is 11.6 Å². The van der Waals surface area contributed by atoms with E-state index in [9.17, 15) is 9.59 Å². The lowest BCUT2D eigenvalue weighted by Crippen LogP contribution is -2.28. The van der Waals surface area contributed by atoms with Crippen LogP contribution < -0.4 is 9.47 Å². The average Bonchev–Trinajstić information content (AvgIpc) is 2.85. The molecule has 0 saturated heterocycles. The number of fused-ring (bicyclic) bond motifs is 1. The third-order valence-electron chi connectivity index (χ3n) is 6.76. The molecule has 0 aromatic heterocycles. The van der Waals surface area contributed by atoms with Crippen LogP contribution >= 0.6 is 0 Å². The van der Waals surface area contributed by atoms with Crippen molar-refractivity contribution in [2.75, 3.05) is 20.8 Å². The van der Waals surface area contributed by atoms with Crippen LogP contribution in [-0.2, 0) is 4.74 Å². The number of ether oxygens (including phenoxy) is 3. The van der Waals surface area contributed by atoms with Crippen LogP contribution in [0.5, 0.6) is 11.5 Å². The maximum atomic E-state index is 13.6. The molecule has 5 heteroatoms. The molecule has 0 aliphatic heterocycles. The number of hydrogen-bond acceptors (Lipinski definition) is 5. The Morgan fingerprint density at radius 3 is 1.83 bits per heavy atom. The van der Waals surface area contributed by atoms with Gasteiger partial charge in [0.05, 0.1) is 31.5 Å². The fourth-order valence-corrected chi connectivity index (χ4v) is 4.67. The molecule has 0 amide bonds. The second-order valence-corrected chi connectivity index (χ2v) is 10.0. The van der Waals surface area contributed by atoms with Crippen LogP contribution in [0.15, 0.2) is 23.8 Å². The van der Waals surface area contributed by atoms with E-state index in [1.807, 2.05) is 0 Å². The Bertz CT molecular complexity index is 839. The molecule has 1 aromatic carbocycles. The molecule has 5 nitrogen and oxygen atoms in total. The van der Waals surface area contributed by atoms with E-state index in [2.05, 4.69) is 20.8 Å². The minimum atomic E-state index is -0.392. The molecule has 35 heavy (non-hydrogen) atoms. The summed E-state index contributed by atoms with van der Waals surface area (Å²) in [7, 11) is 3.01. The highest BCUT2D eigenvalue weighted by atomic mass is 16.5. The lowest BCUT2D eigenvalue weighted by atomic mass is 9.84. The molecular formula is C30H46O5. The molecule has 1 atom stereocenters. The summed E-state index contributed by atoms with van der Waals surface area (Å²) < 4.78 is 17.0. The van der Waals surface area contributed by atoms with E-state index in [0.29, 0.717) is 36.0 Å². The number of ketones is 2. The minimum absolute atomic E-state index is 0.202. The van der Waals surface area contributed by atoms with Gasteiger partial charge in [0.25, 0.3) is 0 Å². The summed E-state index contributed by atoms with van der Waals surface area (Å²) >= 11 is 0. The second kappa shape index (κ2) is 15.8. The molecule has 0 fully saturated rings. The highest BCUT2D eigenvalue weighted by Crippen LogP contribution is 2.37. The van der Waals surface area contributed by atoms with Crippen LogP contribution in [0, 0.1) is 5.92 Å². The van der Waals surface area contributed by atoms with Gasteiger partial charge in [-0.25, -0.2) is 0 Å². The molecule has 0 bridgehead atoms. The number of benzene rings is 1. The second-order valence-electron chi connectivity index (χ2n) is 10.0. The quantitative estimate of drug-likeness (QED) is 0.198. The smallest absolute Gasteiger partial charge is 0.196 e. The first kappa shape index (κ1) is 29.1. The maximum Gasteiger partial charge on any atom is 0.196 e. The zero-order chi connectivity index (χ0) is 25.6. The van der Waals surface area contributed by atoms with Gasteiger partial charge >= 0.3 is 0 Å². The van der Waals surface area contributed by atoms with Crippen molar-refractivity contribution in [2.24, 2.45) is 5.92 Å². The monoisotopic (exact) mass is 486 g/mol. The Morgan fingerprint density at radius 1 is 0.743 bits per heavy atom. The zero-order valence-electron chi connectivity index (χ0n) is 22.6. The summed E-state index contributed by atoms with van der Waals surface area (Å²) in [5, 5.41) is 0. The van der Waals surface area contributed by atoms with Crippen molar-refractivity contribution in [1.82, 2.24) is 0 Å². The summed E-state index contributed by atoms with van der Waals surface area (Å²) in [6.45, 7) is 7.16. The molecule has 196 valence electrons. The molecule has 1 aromatic rings. The summed E-state index contributed by atoms with van der Waals surface area (Å²) in [4.78, 5) is 26.6. The first-order chi connectivity index (χ1) is 16.9. The molecule has 0 saturated carbocycles. The van der Waals surface area contributed by atoms with Crippen LogP contribution in [0.2, 0.25) is 0 Å². The van der Waals surface area contributed by atoms with E-state index in [0.717, 1.165) is 19.3 Å². The van der Waals surface area contributed by atoms with E-state index >= 15 is 0 Å². The average molecular weight is 487 g/mol. The standard InChI is InChI=1S/C30H46O5/c1-6-7-8-9-10-11-12-13-14-15-20-35-25(17-16-22(2)3)23-21-24(31)28-26(33-4)18-19-27(34-5)29(28)30(23)32/h18-19,21-22,25H,6-17,20H2,1-5H3. The summed E-state index contributed by atoms with van der Waals surface area (Å²) in [5.41, 5.74) is 0.992. The third-order valence-corrected chi connectivity index (χ3v) is 6.76. The van der Waals surface area contributed by atoms with Gasteiger partial charge in [-0.2, -0.15) is 0 Å². The molecule has 0 heterocycles. The Balaban J connectivity index is 1.98. The normalized spacial score (nSPS) is 14.2. The Hall–Kier alpha value is -2.14. The first-order valence-electron chi connectivity index (χ1n) is 13.6. The Kier molecular flexibility index (Phi) is 13.1. The highest BCUT2D eigenvalue weighted by molar-refractivity contribution is 6.27. The number of carbonyl (C=O) groups excluding carboxylic acids is 2. The van der Waals surface area contributed by atoms with Gasteiger partial charge in [0.15, 0.2) is 11.6 Å². The van der Waals surface area contributed by atoms with Crippen LogP contribution in [0.4, 0.5) is 0 Å². The van der Waals surface area contributed by atoms with Gasteiger partial charge in [-0.1, -0.05) is 78.6 Å². The number of methoxy groups -OCH3 is 2. The largest absolute Gasteiger partial charge is 0.496 e. The van der Waals surface area contributed by atoms with Crippen molar-refractivity contribution < 1.29 is 23.8 Å². The SMILES string of the molecule is CCCCCCCCCCCCOC(CCC(C)C)C1=CC(=O)c2c(OC)ccc(OC)c2C1=O. The van der Waals surface area contributed by atoms with Gasteiger partial charge in [0, 0.05) is 12.2 Å². The van der Waals surface area contributed by atoms with Crippen molar-refractivity contribution in [3.05, 3.63) is 34.9 Å². The molecule has 2 rings (SSSR count). The fourth-order valence-electron chi connectivity index (χ4n) is 4.67. The zero-order valence-corrected chi connectivity index (χ0v) is 22.6. The van der Waals surface area contributed by atoms with E-state index < -0.39 is 6.10 Å². The Labute approximate surface area is 212 Å². The third kappa shape index (κ3) is 8.79. The van der Waals surface area contributed by atoms with Gasteiger partial charge in [-0.15, -0.1) is 0 Å². The van der Waals surface area contributed by atoms with Crippen LogP contribution in [0.3, 0.4) is 0 Å². The molecule has 1 aliphatic rings. The van der Waals surface area contributed by atoms with Crippen molar-refractivity contribution in [2.45, 2.75) is 104 Å². The number of Topliss-reactive ketones (excluding diaryl/α,β-unsaturated/α-hetero) is 1. The van der Waals surface area contributed by atoms with Crippen LogP contribution in [0.1, 0.15) is 119 Å². The predicted octanol–water partition coefficient (Wildman–Crippen LogP) is 7.75. The van der Waals surface area contributed by atoms with E-state index in [-0.39, 0.29) is 22.7 Å². The summed E-state index contributed by atoms with van der Waals surface area (Å²) in [6, 6.07) is 3.35. The van der Waals surface area contributed by atoms with Crippen molar-refractivity contribution in [3.8, 4) is 11.5 Å². The van der Waals surface area contributed by atoms with Gasteiger partial charge in [0.1, 0.15) is 11.5 Å². The van der Waals surface area contributed by atoms with Gasteiger partial charge in [-0.05, 0) is 43.4 Å². The fraction of sp³-hybridized carbons (Fsp3) is 0.667. The molecule has 0 N–H and O–H groups in total. The molecule has 1 unspecified atom stereocenters. The van der Waals surface area contributed by atoms with E-state index in [1.54, 1.807) is 12.1 Å². The number of carbonyl (C=O) groups is 2. The number of allylic oxidation sites excluding steroid dienone is 1. The number of rotatable bonds is 18. The topological polar surface area (TPSA) is 61.8 Å². The minimum Gasteiger partial charge on any atom is -0.496 e. The van der Waals surface area contributed by atoms with Crippen LogP contribution in [0.25, 0.3) is 0 Å². The van der Waals surface area contributed by atoms with Gasteiger partial charge in [-0.3, -0.25) is 9.59 Å². The van der Waals surface area contributed by atoms with Gasteiger partial charge in [0.2, 0.25) is 0 Å². The van der Waals surface area contributed by atoms with E-state index in [1.165, 1.54) is 71.7 Å². The highest BCUT2D eigenvalue weighted by Gasteiger charge is 2.35. The number of unbranched alkanes of at least 4 members (excludes halogenated alkanes) is 9. The Morgan fingerprint density at radius 2 is 1.29 bits per heavy atom. The van der Waals surface area contributed by atoms with E-state index in [4.69, 9.17) is 14.2 Å². The molecule has 1 aliphatic carbocycles. The molecule has 0 radical (unpaired) electrons. The van der Waals surface area contributed by atoms with Gasteiger partial charge < -0.3 is 14.2 Å². The summed E-state index contributed by atoms with van der Waals surface area (Å²) in [6.07, 6.45) is 15.3. The maximum absolute atomic E-state index is 13.6. The first-order valence-corrected chi connectivity index (χ1v) is 13.6. The lowest BCUT2D eigenvalue weighted by Gasteiger charge is -2.26. The molecule has 0 spiro atoms. The molecular weight excluding hydrogens is 440 g/mol. The lowest BCUT2D eigenvalue weighted by molar-refractivity contribution is 0.0586. The van der Waals surface area contributed by atoms with Crippen LogP contribution in [-0.4, -0.2) is 38.5 Å². The summed E-state index contributed by atoms with van der Waals surface area (Å²) in [5.74, 6) is 0.825. The number of hydrogen-bond donors (Lipinski definition) is 0. The predicted molar refractivity (Wildman–Crippen MR) is 142 cm³/mol. The van der Waals surface area contributed by atoms with Crippen molar-refractivity contribution in [3.63, 3.8) is 0 Å².